The smallest absolute Gasteiger partial charge is 0.313 e. The van der Waals surface area contributed by atoms with E-state index in [4.69, 9.17) is 9.47 Å². The monoisotopic (exact) mass is 308 g/mol. The Morgan fingerprint density at radius 1 is 1.26 bits per heavy atom. The minimum Gasteiger partial charge on any atom is -0.497 e. The van der Waals surface area contributed by atoms with Crippen LogP contribution in [0.25, 0.3) is 10.8 Å². The van der Waals surface area contributed by atoms with Crippen LogP contribution in [-0.4, -0.2) is 19.7 Å². The standard InChI is InChI=1S/C20H20O3/c1-13-7-17-12-23-19(21)20(17,10-13)11-14-3-4-16-9-18(22-2)6-5-15(16)8-14/h3-6,8-9,17H,1,7,10-12H2,2H3/t17-,20+/m1/s1. The van der Waals surface area contributed by atoms with Crippen molar-refractivity contribution < 1.29 is 14.3 Å². The van der Waals surface area contributed by atoms with Crippen LogP contribution in [0.5, 0.6) is 5.75 Å². The molecule has 4 rings (SSSR count). The van der Waals surface area contributed by atoms with Gasteiger partial charge >= 0.3 is 5.97 Å². The minimum absolute atomic E-state index is 0.0454. The van der Waals surface area contributed by atoms with Crippen LogP contribution >= 0.6 is 0 Å². The number of methoxy groups -OCH3 is 1. The van der Waals surface area contributed by atoms with Crippen molar-refractivity contribution in [2.75, 3.05) is 13.7 Å². The molecule has 3 nitrogen and oxygen atoms in total. The number of esters is 1. The van der Waals surface area contributed by atoms with Crippen molar-refractivity contribution in [3.05, 3.63) is 54.1 Å². The molecular formula is C20H20O3. The fourth-order valence-corrected chi connectivity index (χ4v) is 4.14. The van der Waals surface area contributed by atoms with Crippen LogP contribution in [0, 0.1) is 11.3 Å². The molecule has 0 aromatic heterocycles. The summed E-state index contributed by atoms with van der Waals surface area (Å²) in [5.41, 5.74) is 1.97. The highest BCUT2D eigenvalue weighted by Gasteiger charge is 2.55. The summed E-state index contributed by atoms with van der Waals surface area (Å²) in [6.45, 7) is 4.65. The Morgan fingerprint density at radius 2 is 2.04 bits per heavy atom. The number of carbonyl (C=O) groups is 1. The highest BCUT2D eigenvalue weighted by atomic mass is 16.5. The molecule has 0 unspecified atom stereocenters. The summed E-state index contributed by atoms with van der Waals surface area (Å²) in [6.07, 6.45) is 2.41. The van der Waals surface area contributed by atoms with E-state index < -0.39 is 5.41 Å². The van der Waals surface area contributed by atoms with Crippen LogP contribution in [0.15, 0.2) is 48.6 Å². The van der Waals surface area contributed by atoms with Crippen LogP contribution in [0.1, 0.15) is 18.4 Å². The molecule has 118 valence electrons. The fraction of sp³-hybridized carbons (Fsp3) is 0.350. The maximum atomic E-state index is 12.4. The molecule has 2 aliphatic rings. The van der Waals surface area contributed by atoms with E-state index in [1.165, 1.54) is 16.5 Å². The van der Waals surface area contributed by atoms with Crippen LogP contribution in [0.4, 0.5) is 0 Å². The minimum atomic E-state index is -0.392. The van der Waals surface area contributed by atoms with Crippen LogP contribution in [-0.2, 0) is 16.0 Å². The fourth-order valence-electron chi connectivity index (χ4n) is 4.14. The van der Waals surface area contributed by atoms with Crippen LogP contribution < -0.4 is 4.74 Å². The van der Waals surface area contributed by atoms with E-state index >= 15 is 0 Å². The van der Waals surface area contributed by atoms with Gasteiger partial charge in [-0.2, -0.15) is 0 Å². The summed E-state index contributed by atoms with van der Waals surface area (Å²) in [4.78, 5) is 12.4. The molecule has 3 heteroatoms. The molecular weight excluding hydrogens is 288 g/mol. The SMILES string of the molecule is C=C1C[C@@H]2COC(=O)[C@]2(Cc2ccc3cc(OC)ccc3c2)C1. The van der Waals surface area contributed by atoms with E-state index in [0.29, 0.717) is 6.61 Å². The van der Waals surface area contributed by atoms with Gasteiger partial charge in [0.05, 0.1) is 19.1 Å². The van der Waals surface area contributed by atoms with Gasteiger partial charge in [0.15, 0.2) is 0 Å². The highest BCUT2D eigenvalue weighted by Crippen LogP contribution is 2.52. The van der Waals surface area contributed by atoms with Crippen LogP contribution in [0.3, 0.4) is 0 Å². The largest absolute Gasteiger partial charge is 0.497 e. The van der Waals surface area contributed by atoms with Crippen molar-refractivity contribution in [3.63, 3.8) is 0 Å². The molecule has 1 saturated carbocycles. The molecule has 2 aromatic carbocycles. The van der Waals surface area contributed by atoms with Crippen molar-refractivity contribution >= 4 is 16.7 Å². The first-order valence-corrected chi connectivity index (χ1v) is 8.01. The molecule has 0 amide bonds. The summed E-state index contributed by atoms with van der Waals surface area (Å²) < 4.78 is 10.6. The molecule has 0 N–H and O–H groups in total. The third kappa shape index (κ3) is 2.23. The lowest BCUT2D eigenvalue weighted by atomic mass is 9.75. The Labute approximate surface area is 135 Å². The summed E-state index contributed by atoms with van der Waals surface area (Å²) >= 11 is 0. The van der Waals surface area contributed by atoms with E-state index in [9.17, 15) is 4.79 Å². The van der Waals surface area contributed by atoms with E-state index in [2.05, 4.69) is 30.8 Å². The van der Waals surface area contributed by atoms with E-state index in [0.717, 1.165) is 30.4 Å². The third-order valence-electron chi connectivity index (χ3n) is 5.34. The quantitative estimate of drug-likeness (QED) is 0.637. The number of cyclic esters (lactones) is 1. The van der Waals surface area contributed by atoms with Crippen molar-refractivity contribution in [1.29, 1.82) is 0 Å². The van der Waals surface area contributed by atoms with Gasteiger partial charge < -0.3 is 9.47 Å². The molecule has 2 fully saturated rings. The average molecular weight is 308 g/mol. The molecule has 0 bridgehead atoms. The Balaban J connectivity index is 1.69. The summed E-state index contributed by atoms with van der Waals surface area (Å²) in [5, 5.41) is 2.31. The highest BCUT2D eigenvalue weighted by molar-refractivity contribution is 5.85. The zero-order valence-corrected chi connectivity index (χ0v) is 13.3. The molecule has 1 aliphatic heterocycles. The van der Waals surface area contributed by atoms with Gasteiger partial charge in [0.2, 0.25) is 0 Å². The number of hydrogen-bond acceptors (Lipinski definition) is 3. The molecule has 2 atom stereocenters. The second kappa shape index (κ2) is 5.12. The Hall–Kier alpha value is -2.29. The van der Waals surface area contributed by atoms with Gasteiger partial charge in [0.1, 0.15) is 5.75 Å². The van der Waals surface area contributed by atoms with Crippen molar-refractivity contribution in [2.45, 2.75) is 19.3 Å². The van der Waals surface area contributed by atoms with Crippen molar-refractivity contribution in [3.8, 4) is 5.75 Å². The zero-order valence-electron chi connectivity index (χ0n) is 13.3. The van der Waals surface area contributed by atoms with Gasteiger partial charge in [-0.05, 0) is 47.7 Å². The molecule has 23 heavy (non-hydrogen) atoms. The molecule has 2 aromatic rings. The zero-order chi connectivity index (χ0) is 16.0. The van der Waals surface area contributed by atoms with E-state index in [-0.39, 0.29) is 11.9 Å². The third-order valence-corrected chi connectivity index (χ3v) is 5.34. The second-order valence-corrected chi connectivity index (χ2v) is 6.81. The number of carbonyl (C=O) groups excluding carboxylic acids is 1. The molecule has 1 saturated heterocycles. The van der Waals surface area contributed by atoms with Gasteiger partial charge in [0.25, 0.3) is 0 Å². The number of benzene rings is 2. The van der Waals surface area contributed by atoms with Gasteiger partial charge in [-0.1, -0.05) is 36.4 Å². The van der Waals surface area contributed by atoms with Crippen molar-refractivity contribution in [1.82, 2.24) is 0 Å². The number of rotatable bonds is 3. The Morgan fingerprint density at radius 3 is 2.87 bits per heavy atom. The maximum Gasteiger partial charge on any atom is 0.313 e. The van der Waals surface area contributed by atoms with E-state index in [1.54, 1.807) is 7.11 Å². The first-order valence-electron chi connectivity index (χ1n) is 8.01. The summed E-state index contributed by atoms with van der Waals surface area (Å²) in [7, 11) is 1.67. The van der Waals surface area contributed by atoms with Crippen molar-refractivity contribution in [2.24, 2.45) is 11.3 Å². The summed E-state index contributed by atoms with van der Waals surface area (Å²) in [6, 6.07) is 12.4. The first-order chi connectivity index (χ1) is 11.1. The predicted molar refractivity (Wildman–Crippen MR) is 89.5 cm³/mol. The number of ether oxygens (including phenoxy) is 2. The lowest BCUT2D eigenvalue weighted by molar-refractivity contribution is -0.146. The summed E-state index contributed by atoms with van der Waals surface area (Å²) in [5.74, 6) is 1.10. The number of fused-ring (bicyclic) bond motifs is 2. The Bertz CT molecular complexity index is 808. The Kier molecular flexibility index (Phi) is 3.19. The molecule has 1 heterocycles. The first kappa shape index (κ1) is 14.3. The molecule has 1 aliphatic carbocycles. The lowest BCUT2D eigenvalue weighted by Crippen LogP contribution is -2.31. The lowest BCUT2D eigenvalue weighted by Gasteiger charge is -2.24. The average Bonchev–Trinajstić information content (AvgIpc) is 3.02. The van der Waals surface area contributed by atoms with E-state index in [1.807, 2.05) is 12.1 Å². The topological polar surface area (TPSA) is 35.5 Å². The predicted octanol–water partition coefficient (Wildman–Crippen LogP) is 3.90. The van der Waals surface area contributed by atoms with Gasteiger partial charge in [-0.25, -0.2) is 0 Å². The van der Waals surface area contributed by atoms with Gasteiger partial charge in [-0.3, -0.25) is 4.79 Å². The number of hydrogen-bond donors (Lipinski definition) is 0. The van der Waals surface area contributed by atoms with Gasteiger partial charge in [-0.15, -0.1) is 0 Å². The normalized spacial score (nSPS) is 26.4. The molecule has 0 spiro atoms. The number of allylic oxidation sites excluding steroid dienone is 1. The second-order valence-electron chi connectivity index (χ2n) is 6.81. The van der Waals surface area contributed by atoms with Crippen LogP contribution in [0.2, 0.25) is 0 Å². The molecule has 0 radical (unpaired) electrons. The maximum absolute atomic E-state index is 12.4. The van der Waals surface area contributed by atoms with Gasteiger partial charge in [0, 0.05) is 5.92 Å².